The lowest BCUT2D eigenvalue weighted by Crippen LogP contribution is -2.49. The average Bonchev–Trinajstić information content (AvgIpc) is 3.69. The molecule has 0 saturated heterocycles. The number of benzene rings is 1. The fourth-order valence-corrected chi connectivity index (χ4v) is 18.9. The van der Waals surface area contributed by atoms with Crippen LogP contribution in [0.3, 0.4) is 0 Å². The van der Waals surface area contributed by atoms with Crippen molar-refractivity contribution in [1.29, 1.82) is 0 Å². The zero-order chi connectivity index (χ0) is 36.5. The molecule has 6 aliphatic rings. The van der Waals surface area contributed by atoms with Crippen LogP contribution in [0.5, 0.6) is 0 Å². The van der Waals surface area contributed by atoms with Gasteiger partial charge in [0.2, 0.25) is 0 Å². The summed E-state index contributed by atoms with van der Waals surface area (Å²) in [6.07, 6.45) is 31.2. The number of nitrogens with zero attached hydrogens (tertiary/aromatic N) is 1. The third-order valence-corrected chi connectivity index (χ3v) is 20.2. The van der Waals surface area contributed by atoms with Crippen molar-refractivity contribution in [2.75, 3.05) is 18.6 Å². The minimum absolute atomic E-state index is 0.0506. The molecule has 1 aliphatic heterocycles. The molecule has 2 fully saturated rings. The highest BCUT2D eigenvalue weighted by Gasteiger charge is 2.65. The summed E-state index contributed by atoms with van der Waals surface area (Å²) in [4.78, 5) is 2.70. The zero-order valence-corrected chi connectivity index (χ0v) is 35.0. The summed E-state index contributed by atoms with van der Waals surface area (Å²) in [6, 6.07) is 11.5. The third kappa shape index (κ3) is 6.71. The van der Waals surface area contributed by atoms with Gasteiger partial charge in [-0.15, -0.1) is 0 Å². The van der Waals surface area contributed by atoms with Crippen molar-refractivity contribution in [2.45, 2.75) is 129 Å². The van der Waals surface area contributed by atoms with Crippen LogP contribution >= 0.6 is 0 Å². The Kier molecular flexibility index (Phi) is 9.78. The molecule has 0 aromatic heterocycles. The lowest BCUT2D eigenvalue weighted by molar-refractivity contribution is -0.00471. The lowest BCUT2D eigenvalue weighted by atomic mass is 9.74. The third-order valence-electron chi connectivity index (χ3n) is 14.2. The first-order chi connectivity index (χ1) is 24.0. The van der Waals surface area contributed by atoms with Crippen LogP contribution in [0.4, 0.5) is 5.69 Å². The van der Waals surface area contributed by atoms with Crippen molar-refractivity contribution >= 4 is 13.8 Å². The number of hydrogen-bond acceptors (Lipinski definition) is 2. The predicted molar refractivity (Wildman–Crippen MR) is 222 cm³/mol. The number of rotatable bonds is 9. The average molecular weight is 704 g/mol. The topological polar surface area (TPSA) is 12.5 Å². The highest BCUT2D eigenvalue weighted by atomic mass is 28.3. The molecule has 0 N–H and O–H groups in total. The summed E-state index contributed by atoms with van der Waals surface area (Å²) >= 11 is 0. The summed E-state index contributed by atoms with van der Waals surface area (Å²) in [5.41, 5.74) is 7.92. The fraction of sp³-hybridized carbons (Fsp3) is 0.625. The quantitative estimate of drug-likeness (QED) is 0.187. The maximum Gasteiger partial charge on any atom is 0.0598 e. The van der Waals surface area contributed by atoms with Crippen LogP contribution in [0.15, 0.2) is 96.2 Å². The van der Waals surface area contributed by atoms with E-state index in [-0.39, 0.29) is 16.4 Å². The predicted octanol–water partition coefficient (Wildman–Crippen LogP) is 12.7. The van der Waals surface area contributed by atoms with Gasteiger partial charge in [0.15, 0.2) is 0 Å². The molecule has 2 saturated carbocycles. The van der Waals surface area contributed by atoms with Crippen molar-refractivity contribution in [3.8, 4) is 0 Å². The number of hydrogen-bond donors (Lipinski definition) is 0. The van der Waals surface area contributed by atoms with E-state index < -0.39 is 8.07 Å². The molecule has 0 radical (unpaired) electrons. The molecule has 2 nitrogen and oxygen atoms in total. The van der Waals surface area contributed by atoms with Crippen molar-refractivity contribution in [2.24, 2.45) is 46.3 Å². The number of allylic oxidation sites excluding steroid dienone is 11. The van der Waals surface area contributed by atoms with E-state index in [9.17, 15) is 0 Å². The monoisotopic (exact) mass is 704 g/mol. The Morgan fingerprint density at radius 3 is 1.80 bits per heavy atom. The van der Waals surface area contributed by atoms with Gasteiger partial charge in [0.25, 0.3) is 0 Å². The van der Waals surface area contributed by atoms with Gasteiger partial charge in [-0.05, 0) is 101 Å². The molecule has 3 heteroatoms. The normalized spacial score (nSPS) is 34.8. The number of likely N-dealkylation sites (N-methyl/N-ethyl adjacent to an activating group) is 1. The minimum atomic E-state index is -2.07. The molecule has 1 aromatic carbocycles. The molecule has 5 aliphatic carbocycles. The van der Waals surface area contributed by atoms with Crippen molar-refractivity contribution < 1.29 is 4.74 Å². The highest BCUT2D eigenvalue weighted by Crippen LogP contribution is 2.70. The van der Waals surface area contributed by atoms with Crippen LogP contribution in [0.1, 0.15) is 99.5 Å². The molecule has 276 valence electrons. The summed E-state index contributed by atoms with van der Waals surface area (Å²) in [5.74, 6) is 4.18. The van der Waals surface area contributed by atoms with E-state index in [2.05, 4.69) is 166 Å². The van der Waals surface area contributed by atoms with Crippen LogP contribution in [0, 0.1) is 46.3 Å². The Balaban J connectivity index is 1.34. The number of unbranched alkanes of at least 4 members (excludes halogenated alkanes) is 3. The molecule has 0 bridgehead atoms. The van der Waals surface area contributed by atoms with Gasteiger partial charge in [0, 0.05) is 37.2 Å². The van der Waals surface area contributed by atoms with Gasteiger partial charge in [-0.3, -0.25) is 0 Å². The number of anilines is 1. The molecule has 7 rings (SSSR count). The van der Waals surface area contributed by atoms with Gasteiger partial charge in [-0.25, -0.2) is 0 Å². The Bertz CT molecular complexity index is 1580. The number of ether oxygens (including phenoxy) is 1. The molecule has 0 amide bonds. The second-order valence-electron chi connectivity index (χ2n) is 20.6. The minimum Gasteiger partial charge on any atom is -0.376 e. The van der Waals surface area contributed by atoms with Crippen molar-refractivity contribution in [3.63, 3.8) is 0 Å². The Labute approximate surface area is 313 Å². The Hall–Kier alpha value is -2.36. The second-order valence-corrected chi connectivity index (χ2v) is 25.4. The highest BCUT2D eigenvalue weighted by molar-refractivity contribution is 6.82. The molecular weight excluding hydrogens is 635 g/mol. The van der Waals surface area contributed by atoms with Crippen LogP contribution in [-0.2, 0) is 4.74 Å². The van der Waals surface area contributed by atoms with E-state index in [1.165, 1.54) is 37.4 Å². The first-order valence-electron chi connectivity index (χ1n) is 20.6. The van der Waals surface area contributed by atoms with Crippen LogP contribution in [0.2, 0.25) is 23.7 Å². The van der Waals surface area contributed by atoms with Gasteiger partial charge in [-0.2, -0.15) is 0 Å². The van der Waals surface area contributed by atoms with E-state index in [0.29, 0.717) is 58.5 Å². The standard InChI is InChI=1S/C48H69NOSi/c1-46(2,3)32-24-26-34-35-27-25-33(47(4,5)6)31-40(35)44(39(34)30-32)51(11,29-19-13-12-18-28-50-48(7,8)9)45-37-21-15-14-20-36(37)43-42(45)38-22-16-17-23-41(38)49(43)10/h14-17,20-27,30-31,34-37,39-40,42-45H,12-13,18-19,28-29H2,1-11H3. The SMILES string of the molecule is CN1c2ccccc2C2C1C1C=CC=CC1C2[Si](C)(CCCCCCOC(C)(C)C)C1C2C=C(C(C)(C)C)C=CC2C2C=CC(C(C)(C)C)=CC21. The van der Waals surface area contributed by atoms with Crippen molar-refractivity contribution in [3.05, 3.63) is 102 Å². The summed E-state index contributed by atoms with van der Waals surface area (Å²) < 4.78 is 6.15. The molecule has 0 spiro atoms. The molecule has 10 unspecified atom stereocenters. The zero-order valence-electron chi connectivity index (χ0n) is 34.0. The van der Waals surface area contributed by atoms with E-state index in [0.717, 1.165) is 6.61 Å². The first kappa shape index (κ1) is 37.0. The Morgan fingerprint density at radius 2 is 1.22 bits per heavy atom. The van der Waals surface area contributed by atoms with Gasteiger partial charge in [0.1, 0.15) is 0 Å². The summed E-state index contributed by atoms with van der Waals surface area (Å²) in [7, 11) is 0.339. The van der Waals surface area contributed by atoms with E-state index in [4.69, 9.17) is 4.74 Å². The second kappa shape index (κ2) is 13.5. The van der Waals surface area contributed by atoms with E-state index in [1.54, 1.807) is 16.7 Å². The van der Waals surface area contributed by atoms with Crippen LogP contribution in [-0.4, -0.2) is 33.4 Å². The van der Waals surface area contributed by atoms with E-state index >= 15 is 0 Å². The maximum absolute atomic E-state index is 6.15. The smallest absolute Gasteiger partial charge is 0.0598 e. The van der Waals surface area contributed by atoms with E-state index in [1.807, 2.05) is 0 Å². The number of fused-ring (bicyclic) bond motifs is 8. The fourth-order valence-electron chi connectivity index (χ4n) is 11.9. The number of para-hydroxylation sites is 1. The van der Waals surface area contributed by atoms with Gasteiger partial charge >= 0.3 is 0 Å². The van der Waals surface area contributed by atoms with Crippen LogP contribution < -0.4 is 4.90 Å². The molecular formula is C48H69NOSi. The molecule has 1 heterocycles. The molecule has 51 heavy (non-hydrogen) atoms. The van der Waals surface area contributed by atoms with Crippen molar-refractivity contribution in [1.82, 2.24) is 0 Å². The lowest BCUT2D eigenvalue weighted by Gasteiger charge is -2.49. The molecule has 1 aromatic rings. The Morgan fingerprint density at radius 1 is 0.647 bits per heavy atom. The summed E-state index contributed by atoms with van der Waals surface area (Å²) in [6.45, 7) is 24.9. The molecule has 10 atom stereocenters. The van der Waals surface area contributed by atoms with Gasteiger partial charge in [0.05, 0.1) is 13.7 Å². The van der Waals surface area contributed by atoms with Crippen LogP contribution in [0.25, 0.3) is 0 Å². The van der Waals surface area contributed by atoms with Gasteiger partial charge in [-0.1, -0.05) is 152 Å². The van der Waals surface area contributed by atoms with Gasteiger partial charge < -0.3 is 9.64 Å². The first-order valence-corrected chi connectivity index (χ1v) is 23.5. The maximum atomic E-state index is 6.15. The largest absolute Gasteiger partial charge is 0.376 e. The summed E-state index contributed by atoms with van der Waals surface area (Å²) in [5, 5.41) is 0.